The summed E-state index contributed by atoms with van der Waals surface area (Å²) in [4.78, 5) is 22.1. The van der Waals surface area contributed by atoms with E-state index in [0.29, 0.717) is 33.8 Å². The largest absolute Gasteiger partial charge is 0.456 e. The van der Waals surface area contributed by atoms with Crippen molar-refractivity contribution in [2.45, 2.75) is 58.3 Å². The molecule has 0 saturated heterocycles. The topological polar surface area (TPSA) is 43.4 Å². The minimum Gasteiger partial charge on any atom is -0.456 e. The van der Waals surface area contributed by atoms with Crippen LogP contribution < -0.4 is 0 Å². The Labute approximate surface area is 182 Å². The van der Waals surface area contributed by atoms with Crippen LogP contribution in [0.1, 0.15) is 40.5 Å². The summed E-state index contributed by atoms with van der Waals surface area (Å²) in [5.41, 5.74) is -5.78. The van der Waals surface area contributed by atoms with Gasteiger partial charge in [0, 0.05) is 24.3 Å². The number of hydrogen-bond donors (Lipinski definition) is 0. The van der Waals surface area contributed by atoms with Crippen molar-refractivity contribution in [3.05, 3.63) is 25.3 Å². The second kappa shape index (κ2) is 10.2. The lowest BCUT2D eigenvalue weighted by atomic mass is 9.74. The van der Waals surface area contributed by atoms with Crippen molar-refractivity contribution in [3.63, 3.8) is 0 Å². The maximum Gasteiger partial charge on any atom is 0.388 e. The number of ketones is 1. The van der Waals surface area contributed by atoms with Gasteiger partial charge in [-0.15, -0.1) is 0 Å². The van der Waals surface area contributed by atoms with Crippen LogP contribution in [-0.4, -0.2) is 48.5 Å². The fraction of sp³-hybridized carbons (Fsp3) is 0.700. The Hall–Kier alpha value is -1.51. The molecule has 0 unspecified atom stereocenters. The summed E-state index contributed by atoms with van der Waals surface area (Å²) in [6.07, 6.45) is -4.08. The molecule has 12 heteroatoms. The number of ether oxygens (including phenoxy) is 1. The fourth-order valence-electron chi connectivity index (χ4n) is 2.84. The average Bonchev–Trinajstić information content (AvgIpc) is 2.62. The second-order valence-corrected chi connectivity index (χ2v) is 11.1. The molecule has 0 radical (unpaired) electrons. The Kier molecular flexibility index (Phi) is 9.70. The van der Waals surface area contributed by atoms with Crippen LogP contribution >= 0.6 is 7.88 Å². The van der Waals surface area contributed by atoms with Gasteiger partial charge in [0.2, 0.25) is 0 Å². The molecule has 0 heterocycles. The fourth-order valence-corrected chi connectivity index (χ4v) is 4.90. The molecule has 0 rings (SSSR count). The highest BCUT2D eigenvalue weighted by Crippen LogP contribution is 2.68. The highest BCUT2D eigenvalue weighted by atomic mass is 31.2. The van der Waals surface area contributed by atoms with Gasteiger partial charge >= 0.3 is 25.7 Å². The Morgan fingerprint density at radius 3 is 1.81 bits per heavy atom. The van der Waals surface area contributed by atoms with E-state index in [4.69, 9.17) is 0 Å². The standard InChI is InChI=1S/C20H28F8O3P/c1-7-14(29)9-10-32(27,28)13-17(5,6)20(25,26)18(21,22)11-16(3,4)19(23,24)12-31-15(30)8-2/h7-8H,1-2,9-13H2,3-6H3/q+1. The first-order valence-corrected chi connectivity index (χ1v) is 11.4. The van der Waals surface area contributed by atoms with Gasteiger partial charge in [0.1, 0.15) is 12.3 Å². The van der Waals surface area contributed by atoms with Gasteiger partial charge in [-0.05, 0) is 14.5 Å². The third-order valence-corrected chi connectivity index (χ3v) is 7.20. The molecule has 0 aliphatic carbocycles. The molecule has 32 heavy (non-hydrogen) atoms. The van der Waals surface area contributed by atoms with E-state index in [1.807, 2.05) is 0 Å². The van der Waals surface area contributed by atoms with Crippen LogP contribution in [0.3, 0.4) is 0 Å². The van der Waals surface area contributed by atoms with Crippen molar-refractivity contribution in [2.75, 3.05) is 18.9 Å². The number of hydrogen-bond acceptors (Lipinski definition) is 3. The van der Waals surface area contributed by atoms with Gasteiger partial charge in [0.25, 0.3) is 5.92 Å². The summed E-state index contributed by atoms with van der Waals surface area (Å²) in [7, 11) is -5.20. The molecule has 0 atom stereocenters. The molecule has 0 aromatic carbocycles. The number of carbonyl (C=O) groups excluding carboxylic acids is 2. The Bertz CT molecular complexity index is 718. The van der Waals surface area contributed by atoms with Crippen molar-refractivity contribution in [3.8, 4) is 0 Å². The lowest BCUT2D eigenvalue weighted by Gasteiger charge is -2.42. The number of rotatable bonds is 14. The third kappa shape index (κ3) is 7.52. The zero-order chi connectivity index (χ0) is 25.8. The van der Waals surface area contributed by atoms with Crippen LogP contribution in [0.15, 0.2) is 25.3 Å². The molecule has 0 N–H and O–H groups in total. The van der Waals surface area contributed by atoms with Crippen molar-refractivity contribution >= 4 is 19.6 Å². The van der Waals surface area contributed by atoms with Gasteiger partial charge in [-0.25, -0.2) is 13.6 Å². The second-order valence-electron chi connectivity index (χ2n) is 8.81. The van der Waals surface area contributed by atoms with Gasteiger partial charge < -0.3 is 4.74 Å². The average molecular weight is 499 g/mol. The third-order valence-electron chi connectivity index (χ3n) is 5.07. The van der Waals surface area contributed by atoms with Gasteiger partial charge in [-0.3, -0.25) is 4.79 Å². The molecule has 0 fully saturated rings. The monoisotopic (exact) mass is 499 g/mol. The van der Waals surface area contributed by atoms with Crippen LogP contribution in [0.5, 0.6) is 0 Å². The zero-order valence-corrected chi connectivity index (χ0v) is 19.2. The van der Waals surface area contributed by atoms with Crippen LogP contribution in [0, 0.1) is 10.8 Å². The molecule has 0 saturated carbocycles. The predicted octanol–water partition coefficient (Wildman–Crippen LogP) is 7.00. The highest BCUT2D eigenvalue weighted by Gasteiger charge is 2.70. The summed E-state index contributed by atoms with van der Waals surface area (Å²) < 4.78 is 120. The van der Waals surface area contributed by atoms with E-state index >= 15 is 0 Å². The Balaban J connectivity index is 5.67. The van der Waals surface area contributed by atoms with Crippen molar-refractivity contribution in [1.29, 1.82) is 0 Å². The Morgan fingerprint density at radius 1 is 0.875 bits per heavy atom. The lowest BCUT2D eigenvalue weighted by Crippen LogP contribution is -2.56. The number of carbonyl (C=O) groups is 2. The molecular formula is C20H28F8O3P+. The first kappa shape index (κ1) is 30.5. The molecule has 0 spiro atoms. The van der Waals surface area contributed by atoms with E-state index < -0.39 is 80.0 Å². The van der Waals surface area contributed by atoms with E-state index in [0.717, 1.165) is 6.08 Å². The zero-order valence-electron chi connectivity index (χ0n) is 18.3. The van der Waals surface area contributed by atoms with E-state index in [1.54, 1.807) is 0 Å². The highest BCUT2D eigenvalue weighted by molar-refractivity contribution is 7.65. The van der Waals surface area contributed by atoms with E-state index in [1.165, 1.54) is 0 Å². The first-order chi connectivity index (χ1) is 14.1. The number of alkyl halides is 6. The van der Waals surface area contributed by atoms with Gasteiger partial charge in [-0.2, -0.15) is 17.6 Å². The molecule has 0 aromatic rings. The van der Waals surface area contributed by atoms with E-state index in [2.05, 4.69) is 17.9 Å². The number of allylic oxidation sites excluding steroid dienone is 1. The summed E-state index contributed by atoms with van der Waals surface area (Å²) in [5, 5.41) is 0. The molecule has 3 nitrogen and oxygen atoms in total. The van der Waals surface area contributed by atoms with Crippen LogP contribution in [0.25, 0.3) is 0 Å². The smallest absolute Gasteiger partial charge is 0.388 e. The molecule has 0 aliphatic heterocycles. The van der Waals surface area contributed by atoms with E-state index in [-0.39, 0.29) is 0 Å². The summed E-state index contributed by atoms with van der Waals surface area (Å²) in [6.45, 7) is 6.57. The summed E-state index contributed by atoms with van der Waals surface area (Å²) in [5.74, 6) is -16.4. The maximum absolute atomic E-state index is 14.8. The van der Waals surface area contributed by atoms with Crippen LogP contribution in [0.4, 0.5) is 34.7 Å². The number of esters is 1. The minimum absolute atomic E-state index is 0.501. The van der Waals surface area contributed by atoms with Gasteiger partial charge in [-0.1, -0.05) is 40.9 Å². The molecular weight excluding hydrogens is 471 g/mol. The Morgan fingerprint density at radius 2 is 1.38 bits per heavy atom. The minimum atomic E-state index is -5.20. The quantitative estimate of drug-likeness (QED) is 0.112. The normalized spacial score (nSPS) is 14.1. The van der Waals surface area contributed by atoms with Crippen LogP contribution in [0.2, 0.25) is 0 Å². The summed E-state index contributed by atoms with van der Waals surface area (Å²) in [6, 6.07) is 0. The SMILES string of the molecule is C=CC(=O)CC[P+](F)(F)CC(C)(C)C(F)(F)C(F)(F)CC(C)(C)C(F)(F)COC(=O)C=C. The van der Waals surface area contributed by atoms with Crippen LogP contribution in [-0.2, 0) is 14.3 Å². The maximum atomic E-state index is 14.8. The van der Waals surface area contributed by atoms with Gasteiger partial charge in [0.15, 0.2) is 12.4 Å². The van der Waals surface area contributed by atoms with Gasteiger partial charge in [0.05, 0.1) is 5.41 Å². The molecule has 0 bridgehead atoms. The molecule has 186 valence electrons. The predicted molar refractivity (Wildman–Crippen MR) is 107 cm³/mol. The number of halogens is 8. The van der Waals surface area contributed by atoms with Crippen molar-refractivity contribution in [1.82, 2.24) is 0 Å². The van der Waals surface area contributed by atoms with Crippen molar-refractivity contribution < 1.29 is 49.1 Å². The van der Waals surface area contributed by atoms with Crippen molar-refractivity contribution in [2.24, 2.45) is 10.8 Å². The molecule has 0 amide bonds. The van der Waals surface area contributed by atoms with E-state index in [9.17, 15) is 44.3 Å². The lowest BCUT2D eigenvalue weighted by molar-refractivity contribution is -0.280. The summed E-state index contributed by atoms with van der Waals surface area (Å²) >= 11 is 0. The molecule has 0 aliphatic rings. The molecule has 0 aromatic heterocycles. The first-order valence-electron chi connectivity index (χ1n) is 9.42.